The molecule has 3 aliphatic carbocycles. The van der Waals surface area contributed by atoms with Gasteiger partial charge in [-0.25, -0.2) is 0 Å². The molecule has 2 N–H and O–H groups in total. The average Bonchev–Trinajstić information content (AvgIpc) is 2.66. The van der Waals surface area contributed by atoms with Gasteiger partial charge in [0.25, 0.3) is 5.91 Å². The summed E-state index contributed by atoms with van der Waals surface area (Å²) in [6.07, 6.45) is -2.23. The number of anilines is 1. The molecule has 172 valence electrons. The minimum atomic E-state index is -4.19. The van der Waals surface area contributed by atoms with Crippen molar-refractivity contribution < 1.29 is 18.0 Å². The normalized spacial score (nSPS) is 24.3. The first-order valence-corrected chi connectivity index (χ1v) is 12.5. The summed E-state index contributed by atoms with van der Waals surface area (Å²) in [6.45, 7) is 6.29. The molecule has 0 aliphatic heterocycles. The molecule has 0 saturated heterocycles. The molecular weight excluding hydrogens is 453 g/mol. The van der Waals surface area contributed by atoms with Crippen molar-refractivity contribution in [3.63, 3.8) is 0 Å². The van der Waals surface area contributed by atoms with Crippen LogP contribution in [0.1, 0.15) is 56.0 Å². The molecule has 0 unspecified atom stereocenters. The maximum Gasteiger partial charge on any atom is 0.394 e. The summed E-state index contributed by atoms with van der Waals surface area (Å²) in [5.74, 6) is -0.332. The molecule has 0 radical (unpaired) electrons. The van der Waals surface area contributed by atoms with E-state index in [1.165, 1.54) is 16.8 Å². The van der Waals surface area contributed by atoms with Gasteiger partial charge in [0.2, 0.25) is 0 Å². The third kappa shape index (κ3) is 4.23. The Balaban J connectivity index is 1.51. The number of nitrogens with one attached hydrogen (secondary N) is 2. The Kier molecular flexibility index (Phi) is 5.77. The van der Waals surface area contributed by atoms with Crippen LogP contribution in [0.15, 0.2) is 52.3 Å². The molecule has 32 heavy (non-hydrogen) atoms. The zero-order valence-electron chi connectivity index (χ0n) is 18.5. The van der Waals surface area contributed by atoms with Gasteiger partial charge in [0.05, 0.1) is 16.7 Å². The van der Waals surface area contributed by atoms with Crippen molar-refractivity contribution in [2.75, 3.05) is 11.0 Å². The first-order chi connectivity index (χ1) is 14.9. The van der Waals surface area contributed by atoms with Crippen molar-refractivity contribution >= 4 is 35.3 Å². The molecule has 0 aromatic heterocycles. The van der Waals surface area contributed by atoms with Crippen molar-refractivity contribution in [2.24, 2.45) is 5.41 Å². The zero-order chi connectivity index (χ0) is 23.4. The Morgan fingerprint density at radius 3 is 2.09 bits per heavy atom. The number of carbonyl (C=O) groups excluding carboxylic acids is 1. The summed E-state index contributed by atoms with van der Waals surface area (Å²) in [4.78, 5) is 15.2. The summed E-state index contributed by atoms with van der Waals surface area (Å²) >= 11 is 3.07. The van der Waals surface area contributed by atoms with Gasteiger partial charge >= 0.3 is 6.18 Å². The van der Waals surface area contributed by atoms with E-state index in [2.05, 4.69) is 30.8 Å². The van der Waals surface area contributed by atoms with Gasteiger partial charge in [-0.2, -0.15) is 13.2 Å². The average molecular weight is 481 g/mol. The number of alkyl halides is 3. The summed E-state index contributed by atoms with van der Waals surface area (Å²) in [5.41, 5.74) is -0.244. The van der Waals surface area contributed by atoms with E-state index in [0.29, 0.717) is 11.3 Å². The number of thioether (sulfide) groups is 1. The van der Waals surface area contributed by atoms with Gasteiger partial charge in [0.1, 0.15) is 0 Å². The van der Waals surface area contributed by atoms with E-state index in [1.807, 2.05) is 42.7 Å². The number of rotatable bonds is 6. The van der Waals surface area contributed by atoms with Crippen molar-refractivity contribution in [3.8, 4) is 0 Å². The molecule has 3 saturated carbocycles. The summed E-state index contributed by atoms with van der Waals surface area (Å²) in [7, 11) is 0. The number of hydrogen-bond acceptors (Lipinski definition) is 4. The number of halogens is 3. The van der Waals surface area contributed by atoms with Crippen LogP contribution in [0.25, 0.3) is 0 Å². The second-order valence-corrected chi connectivity index (χ2v) is 11.7. The fourth-order valence-electron chi connectivity index (χ4n) is 4.58. The minimum absolute atomic E-state index is 0.0192. The van der Waals surface area contributed by atoms with E-state index in [0.717, 1.165) is 10.5 Å². The molecule has 3 fully saturated rings. The van der Waals surface area contributed by atoms with Crippen LogP contribution >= 0.6 is 23.7 Å². The maximum atomic E-state index is 13.2. The molecule has 5 rings (SSSR count). The van der Waals surface area contributed by atoms with E-state index in [4.69, 9.17) is 0 Å². The van der Waals surface area contributed by atoms with Crippen LogP contribution in [0.2, 0.25) is 0 Å². The first kappa shape index (κ1) is 23.4. The SMILES string of the molecule is CSc1ccc(SNc2cc(C(C)(C)C)ccc2C(=O)NC23CC(C(F)(F)F)(C2)C3)cc1. The van der Waals surface area contributed by atoms with Crippen LogP contribution in [0.5, 0.6) is 0 Å². The fraction of sp³-hybridized carbons (Fsp3) is 0.458. The highest BCUT2D eigenvalue weighted by Crippen LogP contribution is 2.73. The standard InChI is InChI=1S/C24H27F3N2OS2/c1-21(2,3)15-5-10-18(19(11-15)29-32-17-8-6-16(31-4)7-9-17)20(30)28-23-12-22(13-23,14-23)24(25,26)27/h5-11,29H,12-14H2,1-4H3,(H,28,30). The second-order valence-electron chi connectivity index (χ2n) is 9.93. The third-order valence-electron chi connectivity index (χ3n) is 6.48. The number of amides is 1. The molecule has 3 nitrogen and oxygen atoms in total. The Bertz CT molecular complexity index is 1010. The quantitative estimate of drug-likeness (QED) is 0.344. The summed E-state index contributed by atoms with van der Waals surface area (Å²) < 4.78 is 42.8. The Labute approximate surface area is 195 Å². The van der Waals surface area contributed by atoms with Gasteiger partial charge < -0.3 is 10.0 Å². The van der Waals surface area contributed by atoms with E-state index in [-0.39, 0.29) is 30.6 Å². The van der Waals surface area contributed by atoms with Crippen molar-refractivity contribution in [2.45, 2.75) is 67.0 Å². The monoisotopic (exact) mass is 480 g/mol. The second kappa shape index (κ2) is 7.90. The van der Waals surface area contributed by atoms with Crippen molar-refractivity contribution in [1.82, 2.24) is 5.32 Å². The lowest BCUT2D eigenvalue weighted by Crippen LogP contribution is -2.78. The van der Waals surface area contributed by atoms with Gasteiger partial charge in [0.15, 0.2) is 0 Å². The highest BCUT2D eigenvalue weighted by Gasteiger charge is 2.79. The molecule has 2 bridgehead atoms. The minimum Gasteiger partial charge on any atom is -0.346 e. The molecule has 1 amide bonds. The molecule has 0 spiro atoms. The van der Waals surface area contributed by atoms with Crippen LogP contribution < -0.4 is 10.0 Å². The van der Waals surface area contributed by atoms with Crippen LogP contribution in [0, 0.1) is 5.41 Å². The highest BCUT2D eigenvalue weighted by atomic mass is 32.2. The molecule has 2 aromatic carbocycles. The summed E-state index contributed by atoms with van der Waals surface area (Å²) in [6, 6.07) is 13.7. The fourth-order valence-corrected chi connectivity index (χ4v) is 5.66. The molecule has 8 heteroatoms. The largest absolute Gasteiger partial charge is 0.394 e. The molecule has 0 heterocycles. The Morgan fingerprint density at radius 2 is 1.56 bits per heavy atom. The predicted octanol–water partition coefficient (Wildman–Crippen LogP) is 7.04. The molecular formula is C24H27F3N2OS2. The number of carbonyl (C=O) groups is 1. The maximum absolute atomic E-state index is 13.2. The van der Waals surface area contributed by atoms with Crippen LogP contribution in [0.3, 0.4) is 0 Å². The number of benzene rings is 2. The van der Waals surface area contributed by atoms with Gasteiger partial charge in [-0.3, -0.25) is 4.79 Å². The van der Waals surface area contributed by atoms with Crippen LogP contribution in [-0.4, -0.2) is 23.9 Å². The van der Waals surface area contributed by atoms with Crippen LogP contribution in [-0.2, 0) is 5.41 Å². The smallest absolute Gasteiger partial charge is 0.346 e. The lowest BCUT2D eigenvalue weighted by atomic mass is 9.39. The van der Waals surface area contributed by atoms with Gasteiger partial charge in [-0.15, -0.1) is 11.8 Å². The van der Waals surface area contributed by atoms with Crippen molar-refractivity contribution in [1.29, 1.82) is 0 Å². The highest BCUT2D eigenvalue weighted by molar-refractivity contribution is 8.00. The van der Waals surface area contributed by atoms with E-state index in [9.17, 15) is 18.0 Å². The van der Waals surface area contributed by atoms with Gasteiger partial charge in [-0.1, -0.05) is 26.8 Å². The molecule has 3 aliphatic rings. The topological polar surface area (TPSA) is 41.1 Å². The Morgan fingerprint density at radius 1 is 0.969 bits per heavy atom. The van der Waals surface area contributed by atoms with E-state index < -0.39 is 17.1 Å². The summed E-state index contributed by atoms with van der Waals surface area (Å²) in [5, 5.41) is 2.89. The number of hydrogen-bond donors (Lipinski definition) is 2. The lowest BCUT2D eigenvalue weighted by Gasteiger charge is -2.70. The molecule has 2 aromatic rings. The predicted molar refractivity (Wildman–Crippen MR) is 125 cm³/mol. The lowest BCUT2D eigenvalue weighted by molar-refractivity contribution is -0.336. The third-order valence-corrected chi connectivity index (χ3v) is 8.05. The van der Waals surface area contributed by atoms with Gasteiger partial charge in [-0.05, 0) is 84.8 Å². The van der Waals surface area contributed by atoms with Crippen molar-refractivity contribution in [3.05, 3.63) is 53.6 Å². The Hall–Kier alpha value is -1.80. The molecule has 0 atom stereocenters. The van der Waals surface area contributed by atoms with E-state index >= 15 is 0 Å². The first-order valence-electron chi connectivity index (χ1n) is 10.5. The van der Waals surface area contributed by atoms with E-state index in [1.54, 1.807) is 17.8 Å². The van der Waals surface area contributed by atoms with Gasteiger partial charge in [0, 0.05) is 15.3 Å². The van der Waals surface area contributed by atoms with Crippen LogP contribution in [0.4, 0.5) is 18.9 Å². The zero-order valence-corrected chi connectivity index (χ0v) is 20.2.